The van der Waals surface area contributed by atoms with Crippen molar-refractivity contribution in [3.63, 3.8) is 0 Å². The molecule has 0 bridgehead atoms. The van der Waals surface area contributed by atoms with Crippen molar-refractivity contribution in [3.05, 3.63) is 77.0 Å². The van der Waals surface area contributed by atoms with Gasteiger partial charge in [0.15, 0.2) is 0 Å². The Morgan fingerprint density at radius 1 is 1.14 bits per heavy atom. The van der Waals surface area contributed by atoms with Crippen LogP contribution >= 0.6 is 24.0 Å². The lowest BCUT2D eigenvalue weighted by molar-refractivity contribution is -0.123. The summed E-state index contributed by atoms with van der Waals surface area (Å²) in [5.74, 6) is -0.103. The number of aryl methyl sites for hydroxylation is 1. The topological polar surface area (TPSA) is 70.1 Å². The third kappa shape index (κ3) is 4.90. The average molecular weight is 503 g/mol. The molecule has 0 radical (unpaired) electrons. The highest BCUT2D eigenvalue weighted by molar-refractivity contribution is 8.26. The number of nitrogens with zero attached hydrogens (tertiary/aromatic N) is 2. The number of carbonyl (C=O) groups excluding carboxylic acids is 2. The van der Waals surface area contributed by atoms with Gasteiger partial charge in [0.05, 0.1) is 4.91 Å². The summed E-state index contributed by atoms with van der Waals surface area (Å²) < 4.78 is 2.60. The molecule has 0 atom stereocenters. The molecule has 1 fully saturated rings. The molecule has 0 saturated carbocycles. The van der Waals surface area contributed by atoms with Gasteiger partial charge in [0, 0.05) is 66.3 Å². The number of para-hydroxylation sites is 2. The van der Waals surface area contributed by atoms with Crippen LogP contribution < -0.4 is 5.32 Å². The van der Waals surface area contributed by atoms with Crippen molar-refractivity contribution < 1.29 is 9.59 Å². The number of thioether (sulfide) groups is 1. The molecule has 35 heavy (non-hydrogen) atoms. The molecule has 2 N–H and O–H groups in total. The Morgan fingerprint density at radius 3 is 2.77 bits per heavy atom. The quantitative estimate of drug-likeness (QED) is 0.263. The second-order valence-electron chi connectivity index (χ2n) is 8.61. The zero-order chi connectivity index (χ0) is 24.4. The molecule has 2 aromatic heterocycles. The van der Waals surface area contributed by atoms with Gasteiger partial charge in [0.25, 0.3) is 5.91 Å². The average Bonchev–Trinajstić information content (AvgIpc) is 3.50. The zero-order valence-electron chi connectivity index (χ0n) is 19.4. The Bertz CT molecular complexity index is 1470. The maximum Gasteiger partial charge on any atom is 0.266 e. The Morgan fingerprint density at radius 2 is 1.91 bits per heavy atom. The van der Waals surface area contributed by atoms with Crippen molar-refractivity contribution in [1.29, 1.82) is 0 Å². The maximum atomic E-state index is 13.0. The molecule has 178 valence electrons. The number of fused-ring (bicyclic) bond motifs is 2. The lowest BCUT2D eigenvalue weighted by Crippen LogP contribution is -2.31. The van der Waals surface area contributed by atoms with Gasteiger partial charge in [-0.15, -0.1) is 0 Å². The molecule has 1 aliphatic rings. The van der Waals surface area contributed by atoms with Gasteiger partial charge in [0.2, 0.25) is 5.91 Å². The summed E-state index contributed by atoms with van der Waals surface area (Å²) in [6, 6.07) is 16.3. The molecule has 6 nitrogen and oxygen atoms in total. The van der Waals surface area contributed by atoms with Gasteiger partial charge < -0.3 is 14.9 Å². The summed E-state index contributed by atoms with van der Waals surface area (Å²) in [6.07, 6.45) is 7.62. The first kappa shape index (κ1) is 23.4. The second kappa shape index (κ2) is 10.1. The summed E-state index contributed by atoms with van der Waals surface area (Å²) in [7, 11) is 2.00. The minimum atomic E-state index is -0.0901. The number of carbonyl (C=O) groups is 2. The number of aromatic nitrogens is 2. The standard InChI is InChI=1S/C27H26N4O2S2/c1-30-17-19(21-8-3-5-10-23(21)30)15-24-26(33)31(27(34)35-24)14-6-11-25(32)28-13-12-18-16-29-22-9-4-2-7-20(18)22/h2-5,7-10,15-17,29H,6,11-14H2,1H3,(H,28,32)/b24-15-. The Balaban J connectivity index is 1.12. The Labute approximate surface area is 213 Å². The maximum absolute atomic E-state index is 13.0. The number of hydrogen-bond donors (Lipinski definition) is 2. The molecule has 1 aliphatic heterocycles. The number of amides is 2. The van der Waals surface area contributed by atoms with Gasteiger partial charge in [-0.1, -0.05) is 60.4 Å². The van der Waals surface area contributed by atoms with E-state index in [1.54, 1.807) is 4.90 Å². The van der Waals surface area contributed by atoms with Gasteiger partial charge in [-0.3, -0.25) is 14.5 Å². The molecule has 0 unspecified atom stereocenters. The van der Waals surface area contributed by atoms with Crippen LogP contribution in [-0.4, -0.2) is 43.7 Å². The predicted octanol–water partition coefficient (Wildman–Crippen LogP) is 5.00. The van der Waals surface area contributed by atoms with E-state index in [1.165, 1.54) is 22.7 Å². The highest BCUT2D eigenvalue weighted by atomic mass is 32.2. The van der Waals surface area contributed by atoms with Crippen molar-refractivity contribution in [2.75, 3.05) is 13.1 Å². The van der Waals surface area contributed by atoms with Crippen molar-refractivity contribution in [3.8, 4) is 0 Å². The zero-order valence-corrected chi connectivity index (χ0v) is 21.0. The molecule has 3 heterocycles. The fraction of sp³-hybridized carbons (Fsp3) is 0.222. The van der Waals surface area contributed by atoms with Gasteiger partial charge >= 0.3 is 0 Å². The molecule has 0 spiro atoms. The number of aromatic amines is 1. The van der Waals surface area contributed by atoms with Crippen LogP contribution in [0.5, 0.6) is 0 Å². The van der Waals surface area contributed by atoms with Gasteiger partial charge in [0.1, 0.15) is 4.32 Å². The highest BCUT2D eigenvalue weighted by Crippen LogP contribution is 2.34. The highest BCUT2D eigenvalue weighted by Gasteiger charge is 2.31. The van der Waals surface area contributed by atoms with E-state index in [1.807, 2.05) is 55.8 Å². The number of nitrogens with one attached hydrogen (secondary N) is 2. The van der Waals surface area contributed by atoms with Crippen LogP contribution in [0.15, 0.2) is 65.8 Å². The third-order valence-corrected chi connectivity index (χ3v) is 7.64. The fourth-order valence-corrected chi connectivity index (χ4v) is 5.78. The van der Waals surface area contributed by atoms with Crippen LogP contribution in [0.3, 0.4) is 0 Å². The van der Waals surface area contributed by atoms with Crippen LogP contribution in [-0.2, 0) is 23.1 Å². The minimum Gasteiger partial charge on any atom is -0.361 e. The Kier molecular flexibility index (Phi) is 6.74. The summed E-state index contributed by atoms with van der Waals surface area (Å²) in [6.45, 7) is 1.02. The predicted molar refractivity (Wildman–Crippen MR) is 147 cm³/mol. The van der Waals surface area contributed by atoms with Crippen molar-refractivity contribution in [2.24, 2.45) is 7.05 Å². The summed E-state index contributed by atoms with van der Waals surface area (Å²) in [4.78, 5) is 30.8. The van der Waals surface area contributed by atoms with Crippen LogP contribution in [0.25, 0.3) is 27.9 Å². The SMILES string of the molecule is Cn1cc(/C=C2\SC(=S)N(CCCC(=O)NCCc3c[nH]c4ccccc34)C2=O)c2ccccc21. The van der Waals surface area contributed by atoms with Crippen LogP contribution in [0.4, 0.5) is 0 Å². The molecule has 4 aromatic rings. The van der Waals surface area contributed by atoms with Crippen LogP contribution in [0.2, 0.25) is 0 Å². The number of H-pyrrole nitrogens is 1. The summed E-state index contributed by atoms with van der Waals surface area (Å²) >= 11 is 6.79. The summed E-state index contributed by atoms with van der Waals surface area (Å²) in [5, 5.41) is 5.28. The lowest BCUT2D eigenvalue weighted by atomic mass is 10.1. The van der Waals surface area contributed by atoms with E-state index in [4.69, 9.17) is 12.2 Å². The van der Waals surface area contributed by atoms with E-state index in [0.717, 1.165) is 28.4 Å². The third-order valence-electron chi connectivity index (χ3n) is 6.26. The van der Waals surface area contributed by atoms with E-state index < -0.39 is 0 Å². The van der Waals surface area contributed by atoms with E-state index in [0.29, 0.717) is 35.2 Å². The largest absolute Gasteiger partial charge is 0.361 e. The first-order valence-corrected chi connectivity index (χ1v) is 12.8. The van der Waals surface area contributed by atoms with Gasteiger partial charge in [-0.25, -0.2) is 0 Å². The van der Waals surface area contributed by atoms with Crippen LogP contribution in [0.1, 0.15) is 24.0 Å². The van der Waals surface area contributed by atoms with E-state index in [9.17, 15) is 9.59 Å². The minimum absolute atomic E-state index is 0.0124. The molecule has 8 heteroatoms. The smallest absolute Gasteiger partial charge is 0.266 e. The van der Waals surface area contributed by atoms with Crippen molar-refractivity contribution in [1.82, 2.24) is 19.8 Å². The number of rotatable bonds is 8. The van der Waals surface area contributed by atoms with Crippen molar-refractivity contribution in [2.45, 2.75) is 19.3 Å². The molecular weight excluding hydrogens is 476 g/mol. The molecule has 5 rings (SSSR count). The normalized spacial score (nSPS) is 15.1. The molecule has 2 amide bonds. The molecule has 2 aromatic carbocycles. The van der Waals surface area contributed by atoms with E-state index in [2.05, 4.69) is 33.1 Å². The number of thiocarbonyl (C=S) groups is 1. The molecular formula is C27H26N4O2S2. The van der Waals surface area contributed by atoms with E-state index in [-0.39, 0.29) is 11.8 Å². The number of benzene rings is 2. The summed E-state index contributed by atoms with van der Waals surface area (Å²) in [5.41, 5.74) is 4.41. The number of hydrogen-bond acceptors (Lipinski definition) is 4. The molecule has 0 aliphatic carbocycles. The first-order chi connectivity index (χ1) is 17.0. The van der Waals surface area contributed by atoms with Gasteiger partial charge in [-0.05, 0) is 36.6 Å². The Hall–Kier alpha value is -3.36. The second-order valence-corrected chi connectivity index (χ2v) is 10.3. The van der Waals surface area contributed by atoms with Crippen LogP contribution in [0, 0.1) is 0 Å². The molecule has 1 saturated heterocycles. The van der Waals surface area contributed by atoms with Gasteiger partial charge in [-0.2, -0.15) is 0 Å². The fourth-order valence-electron chi connectivity index (χ4n) is 4.48. The monoisotopic (exact) mass is 502 g/mol. The van der Waals surface area contributed by atoms with Crippen molar-refractivity contribution >= 4 is 68.0 Å². The lowest BCUT2D eigenvalue weighted by Gasteiger charge is -2.14. The van der Waals surface area contributed by atoms with E-state index >= 15 is 0 Å². The first-order valence-electron chi connectivity index (χ1n) is 11.6.